The highest BCUT2D eigenvalue weighted by atomic mass is 32.2. The van der Waals surface area contributed by atoms with Gasteiger partial charge in [-0.2, -0.15) is 0 Å². The van der Waals surface area contributed by atoms with Gasteiger partial charge >= 0.3 is 0 Å². The molecule has 0 unspecified atom stereocenters. The SMILES string of the molecule is Cc1ccc(-n2c(SCC(=O)C(C)(C)C)nnc2-c2ccncc2)cc1. The van der Waals surface area contributed by atoms with Gasteiger partial charge in [0, 0.05) is 29.1 Å². The molecule has 0 bridgehead atoms. The van der Waals surface area contributed by atoms with E-state index in [4.69, 9.17) is 0 Å². The van der Waals surface area contributed by atoms with Gasteiger partial charge in [0.1, 0.15) is 5.78 Å². The number of ketones is 1. The van der Waals surface area contributed by atoms with Crippen molar-refractivity contribution in [3.05, 3.63) is 54.4 Å². The molecule has 3 rings (SSSR count). The Morgan fingerprint density at radius 3 is 2.31 bits per heavy atom. The van der Waals surface area contributed by atoms with Crippen LogP contribution in [0.4, 0.5) is 0 Å². The molecule has 0 fully saturated rings. The maximum absolute atomic E-state index is 12.3. The maximum atomic E-state index is 12.3. The van der Waals surface area contributed by atoms with Crippen molar-refractivity contribution in [3.63, 3.8) is 0 Å². The second-order valence-electron chi connectivity index (χ2n) is 7.17. The molecule has 3 aromatic rings. The van der Waals surface area contributed by atoms with Crippen molar-refractivity contribution < 1.29 is 4.79 Å². The summed E-state index contributed by atoms with van der Waals surface area (Å²) in [5, 5.41) is 9.43. The van der Waals surface area contributed by atoms with Gasteiger partial charge in [0.15, 0.2) is 11.0 Å². The highest BCUT2D eigenvalue weighted by Crippen LogP contribution is 2.29. The standard InChI is InChI=1S/C20H22N4OS/c1-14-5-7-16(8-6-14)24-18(15-9-11-21-12-10-15)22-23-19(24)26-13-17(25)20(2,3)4/h5-12H,13H2,1-4H3. The van der Waals surface area contributed by atoms with E-state index in [1.807, 2.05) is 49.6 Å². The number of pyridine rings is 1. The fourth-order valence-corrected chi connectivity index (χ4v) is 3.44. The van der Waals surface area contributed by atoms with Gasteiger partial charge in [-0.25, -0.2) is 0 Å². The van der Waals surface area contributed by atoms with Crippen molar-refractivity contribution in [2.24, 2.45) is 5.41 Å². The Balaban J connectivity index is 2.01. The van der Waals surface area contributed by atoms with Crippen LogP contribution < -0.4 is 0 Å². The number of carbonyl (C=O) groups is 1. The summed E-state index contributed by atoms with van der Waals surface area (Å²) in [5.41, 5.74) is 2.72. The van der Waals surface area contributed by atoms with Crippen LogP contribution in [0.5, 0.6) is 0 Å². The topological polar surface area (TPSA) is 60.7 Å². The van der Waals surface area contributed by atoms with E-state index in [0.717, 1.165) is 17.1 Å². The third-order valence-electron chi connectivity index (χ3n) is 4.03. The van der Waals surface area contributed by atoms with Crippen LogP contribution in [0, 0.1) is 12.3 Å². The van der Waals surface area contributed by atoms with Crippen molar-refractivity contribution in [1.29, 1.82) is 0 Å². The number of aryl methyl sites for hydroxylation is 1. The molecule has 0 spiro atoms. The molecule has 0 aliphatic carbocycles. The van der Waals surface area contributed by atoms with E-state index in [1.54, 1.807) is 12.4 Å². The van der Waals surface area contributed by atoms with Crippen LogP contribution in [-0.4, -0.2) is 31.3 Å². The number of aromatic nitrogens is 4. The van der Waals surface area contributed by atoms with Crippen molar-refractivity contribution in [2.45, 2.75) is 32.9 Å². The van der Waals surface area contributed by atoms with Gasteiger partial charge in [-0.1, -0.05) is 50.2 Å². The van der Waals surface area contributed by atoms with Gasteiger partial charge < -0.3 is 0 Å². The van der Waals surface area contributed by atoms with Gasteiger partial charge in [-0.05, 0) is 31.2 Å². The minimum Gasteiger partial charge on any atom is -0.298 e. The number of carbonyl (C=O) groups excluding carboxylic acids is 1. The minimum atomic E-state index is -0.365. The lowest BCUT2D eigenvalue weighted by atomic mass is 9.92. The largest absolute Gasteiger partial charge is 0.298 e. The average Bonchev–Trinajstić information content (AvgIpc) is 3.04. The zero-order chi connectivity index (χ0) is 18.7. The second kappa shape index (κ2) is 7.41. The Morgan fingerprint density at radius 2 is 1.69 bits per heavy atom. The van der Waals surface area contributed by atoms with Crippen molar-refractivity contribution in [3.8, 4) is 17.1 Å². The Bertz CT molecular complexity index is 896. The predicted molar refractivity (Wildman–Crippen MR) is 105 cm³/mol. The lowest BCUT2D eigenvalue weighted by Crippen LogP contribution is -2.22. The molecule has 0 aliphatic heterocycles. The summed E-state index contributed by atoms with van der Waals surface area (Å²) >= 11 is 1.42. The van der Waals surface area contributed by atoms with E-state index in [-0.39, 0.29) is 11.2 Å². The van der Waals surface area contributed by atoms with Crippen molar-refractivity contribution in [1.82, 2.24) is 19.7 Å². The fraction of sp³-hybridized carbons (Fsp3) is 0.300. The summed E-state index contributed by atoms with van der Waals surface area (Å²) in [6, 6.07) is 12.0. The third-order valence-corrected chi connectivity index (χ3v) is 4.96. The highest BCUT2D eigenvalue weighted by molar-refractivity contribution is 7.99. The quantitative estimate of drug-likeness (QED) is 0.629. The summed E-state index contributed by atoms with van der Waals surface area (Å²) in [7, 11) is 0. The lowest BCUT2D eigenvalue weighted by molar-refractivity contribution is -0.123. The molecule has 0 saturated heterocycles. The monoisotopic (exact) mass is 366 g/mol. The van der Waals surface area contributed by atoms with E-state index in [0.29, 0.717) is 10.9 Å². The number of hydrogen-bond donors (Lipinski definition) is 0. The molecule has 1 aromatic carbocycles. The van der Waals surface area contributed by atoms with Crippen LogP contribution in [0.3, 0.4) is 0 Å². The lowest BCUT2D eigenvalue weighted by Gasteiger charge is -2.16. The van der Waals surface area contributed by atoms with E-state index in [2.05, 4.69) is 34.2 Å². The van der Waals surface area contributed by atoms with Crippen LogP contribution in [0.2, 0.25) is 0 Å². The van der Waals surface area contributed by atoms with E-state index in [9.17, 15) is 4.79 Å². The fourth-order valence-electron chi connectivity index (χ4n) is 2.32. The van der Waals surface area contributed by atoms with Crippen LogP contribution in [0.15, 0.2) is 53.9 Å². The van der Waals surface area contributed by atoms with Crippen LogP contribution >= 0.6 is 11.8 Å². The Labute approximate surface area is 157 Å². The first-order valence-corrected chi connectivity index (χ1v) is 9.44. The number of benzene rings is 1. The summed E-state index contributed by atoms with van der Waals surface area (Å²) in [6.45, 7) is 7.85. The predicted octanol–water partition coefficient (Wildman–Crippen LogP) is 4.35. The second-order valence-corrected chi connectivity index (χ2v) is 8.12. The Kier molecular flexibility index (Phi) is 5.23. The van der Waals surface area contributed by atoms with Crippen molar-refractivity contribution >= 4 is 17.5 Å². The van der Waals surface area contributed by atoms with E-state index < -0.39 is 0 Å². The molecule has 6 heteroatoms. The van der Waals surface area contributed by atoms with Crippen LogP contribution in [0.1, 0.15) is 26.3 Å². The minimum absolute atomic E-state index is 0.186. The molecule has 2 heterocycles. The third kappa shape index (κ3) is 4.02. The first kappa shape index (κ1) is 18.3. The van der Waals surface area contributed by atoms with Crippen LogP contribution in [0.25, 0.3) is 17.1 Å². The smallest absolute Gasteiger partial charge is 0.196 e. The number of hydrogen-bond acceptors (Lipinski definition) is 5. The number of Topliss-reactive ketones (excluding diaryl/α,β-unsaturated/α-hetero) is 1. The summed E-state index contributed by atoms with van der Waals surface area (Å²) < 4.78 is 2.00. The van der Waals surface area contributed by atoms with Gasteiger partial charge in [0.25, 0.3) is 0 Å². The maximum Gasteiger partial charge on any atom is 0.196 e. The molecule has 5 nitrogen and oxygen atoms in total. The molecular weight excluding hydrogens is 344 g/mol. The number of rotatable bonds is 5. The molecule has 0 saturated carbocycles. The molecule has 0 aliphatic rings. The molecule has 2 aromatic heterocycles. The molecule has 0 amide bonds. The zero-order valence-electron chi connectivity index (χ0n) is 15.4. The van der Waals surface area contributed by atoms with E-state index in [1.165, 1.54) is 17.3 Å². The molecule has 0 atom stereocenters. The van der Waals surface area contributed by atoms with Gasteiger partial charge in [-0.3, -0.25) is 14.3 Å². The summed E-state index contributed by atoms with van der Waals surface area (Å²) in [5.74, 6) is 1.29. The summed E-state index contributed by atoms with van der Waals surface area (Å²) in [6.07, 6.45) is 3.47. The Morgan fingerprint density at radius 1 is 1.04 bits per heavy atom. The van der Waals surface area contributed by atoms with Crippen molar-refractivity contribution in [2.75, 3.05) is 5.75 Å². The number of thioether (sulfide) groups is 1. The van der Waals surface area contributed by atoms with Gasteiger partial charge in [-0.15, -0.1) is 10.2 Å². The first-order valence-electron chi connectivity index (χ1n) is 8.45. The molecule has 0 N–H and O–H groups in total. The zero-order valence-corrected chi connectivity index (χ0v) is 16.2. The van der Waals surface area contributed by atoms with Gasteiger partial charge in [0.05, 0.1) is 5.75 Å². The first-order chi connectivity index (χ1) is 12.4. The molecule has 134 valence electrons. The Hall–Kier alpha value is -2.47. The van der Waals surface area contributed by atoms with Crippen LogP contribution in [-0.2, 0) is 4.79 Å². The highest BCUT2D eigenvalue weighted by Gasteiger charge is 2.23. The summed E-state index contributed by atoms with van der Waals surface area (Å²) in [4.78, 5) is 16.4. The van der Waals surface area contributed by atoms with E-state index >= 15 is 0 Å². The molecule has 26 heavy (non-hydrogen) atoms. The average molecular weight is 366 g/mol. The molecule has 0 radical (unpaired) electrons. The molecular formula is C20H22N4OS. The normalized spacial score (nSPS) is 11.5. The van der Waals surface area contributed by atoms with Gasteiger partial charge in [0.2, 0.25) is 0 Å². The number of nitrogens with zero attached hydrogens (tertiary/aromatic N) is 4.